The Balaban J connectivity index is 1.72. The third-order valence-electron chi connectivity index (χ3n) is 6.04. The average molecular weight is 451 g/mol. The number of nitrogens with zero attached hydrogens (tertiary/aromatic N) is 4. The molecule has 1 aliphatic rings. The van der Waals surface area contributed by atoms with E-state index in [4.69, 9.17) is 15.5 Å². The number of rotatable bonds is 8. The van der Waals surface area contributed by atoms with Crippen LogP contribution in [0.15, 0.2) is 36.5 Å². The number of likely N-dealkylation sites (N-methyl/N-ethyl adjacent to an activating group) is 1. The van der Waals surface area contributed by atoms with Gasteiger partial charge in [0.25, 0.3) is 5.91 Å². The van der Waals surface area contributed by atoms with Gasteiger partial charge in [-0.15, -0.1) is 0 Å². The van der Waals surface area contributed by atoms with Crippen LogP contribution >= 0.6 is 0 Å². The maximum absolute atomic E-state index is 13.3. The molecule has 0 unspecified atom stereocenters. The number of amides is 1. The summed E-state index contributed by atoms with van der Waals surface area (Å²) in [6.07, 6.45) is 3.41. The summed E-state index contributed by atoms with van der Waals surface area (Å²) in [4.78, 5) is 20.5. The van der Waals surface area contributed by atoms with Crippen molar-refractivity contribution in [2.24, 2.45) is 5.73 Å². The molecule has 2 aromatic heterocycles. The first kappa shape index (κ1) is 23.4. The van der Waals surface area contributed by atoms with E-state index in [2.05, 4.69) is 48.3 Å². The lowest BCUT2D eigenvalue weighted by Crippen LogP contribution is -2.39. The Labute approximate surface area is 195 Å². The highest BCUT2D eigenvalue weighted by molar-refractivity contribution is 6.06. The van der Waals surface area contributed by atoms with Crippen LogP contribution in [0.25, 0.3) is 22.3 Å². The van der Waals surface area contributed by atoms with Crippen LogP contribution in [0.4, 0.5) is 0 Å². The number of ether oxygens (including phenoxy) is 1. The Bertz CT molecular complexity index is 1100. The van der Waals surface area contributed by atoms with Crippen LogP contribution in [0.1, 0.15) is 48.7 Å². The summed E-state index contributed by atoms with van der Waals surface area (Å²) in [6, 6.07) is 10.5. The molecule has 8 heteroatoms. The van der Waals surface area contributed by atoms with Gasteiger partial charge in [0.15, 0.2) is 5.65 Å². The molecule has 1 aliphatic heterocycles. The van der Waals surface area contributed by atoms with Gasteiger partial charge in [-0.25, -0.2) is 9.67 Å². The minimum absolute atomic E-state index is 0.0855. The number of benzene rings is 1. The molecule has 0 atom stereocenters. The van der Waals surface area contributed by atoms with Crippen molar-refractivity contribution in [2.45, 2.75) is 45.3 Å². The van der Waals surface area contributed by atoms with Crippen LogP contribution in [-0.2, 0) is 11.3 Å². The summed E-state index contributed by atoms with van der Waals surface area (Å²) in [5, 5.41) is 8.50. The van der Waals surface area contributed by atoms with E-state index in [1.54, 1.807) is 6.20 Å². The van der Waals surface area contributed by atoms with E-state index in [1.807, 2.05) is 22.9 Å². The molecule has 3 aromatic rings. The van der Waals surface area contributed by atoms with E-state index in [9.17, 15) is 4.79 Å². The second-order valence-corrected chi connectivity index (χ2v) is 9.06. The molecule has 33 heavy (non-hydrogen) atoms. The fourth-order valence-corrected chi connectivity index (χ4v) is 4.28. The van der Waals surface area contributed by atoms with Gasteiger partial charge in [-0.3, -0.25) is 4.79 Å². The van der Waals surface area contributed by atoms with Crippen LogP contribution in [0.3, 0.4) is 0 Å². The van der Waals surface area contributed by atoms with Crippen LogP contribution in [0.2, 0.25) is 0 Å². The Morgan fingerprint density at radius 3 is 2.82 bits per heavy atom. The van der Waals surface area contributed by atoms with Crippen LogP contribution in [0, 0.1) is 0 Å². The van der Waals surface area contributed by atoms with Crippen molar-refractivity contribution in [3.05, 3.63) is 47.7 Å². The standard InChI is InChI=1S/C25H34N6O2/c1-17(2)31-24-22(15-27-31)21(25(32)28-20-7-11-33-12-8-20)14-23(29-24)19-6-4-5-18(13-19)16-30(3)10-9-26/h4-6,13-15,17,20H,7-12,16,26H2,1-3H3,(H,28,32). The predicted molar refractivity (Wildman–Crippen MR) is 130 cm³/mol. The quantitative estimate of drug-likeness (QED) is 0.548. The Hall–Kier alpha value is -2.81. The summed E-state index contributed by atoms with van der Waals surface area (Å²) >= 11 is 0. The van der Waals surface area contributed by atoms with Gasteiger partial charge in [-0.1, -0.05) is 18.2 Å². The fraction of sp³-hybridized carbons (Fsp3) is 0.480. The zero-order valence-electron chi connectivity index (χ0n) is 19.8. The first-order valence-electron chi connectivity index (χ1n) is 11.7. The summed E-state index contributed by atoms with van der Waals surface area (Å²) in [5.74, 6) is -0.0855. The zero-order valence-corrected chi connectivity index (χ0v) is 19.8. The normalized spacial score (nSPS) is 15.0. The number of hydrogen-bond donors (Lipinski definition) is 2. The molecule has 1 amide bonds. The maximum atomic E-state index is 13.3. The molecular formula is C25H34N6O2. The highest BCUT2D eigenvalue weighted by atomic mass is 16.5. The van der Waals surface area contributed by atoms with Crippen molar-refractivity contribution in [1.82, 2.24) is 25.0 Å². The van der Waals surface area contributed by atoms with Crippen molar-refractivity contribution in [2.75, 3.05) is 33.4 Å². The molecule has 1 saturated heterocycles. The molecule has 1 aromatic carbocycles. The molecule has 1 fully saturated rings. The summed E-state index contributed by atoms with van der Waals surface area (Å²) in [6.45, 7) is 7.75. The number of pyridine rings is 1. The largest absolute Gasteiger partial charge is 0.381 e. The first-order valence-corrected chi connectivity index (χ1v) is 11.7. The van der Waals surface area contributed by atoms with Crippen LogP contribution in [-0.4, -0.2) is 65.0 Å². The van der Waals surface area contributed by atoms with E-state index in [0.717, 1.165) is 48.2 Å². The minimum Gasteiger partial charge on any atom is -0.381 e. The number of hydrogen-bond acceptors (Lipinski definition) is 6. The SMILES string of the molecule is CC(C)n1ncc2c(C(=O)NC3CCOCC3)cc(-c3cccc(CN(C)CCN)c3)nc21. The van der Waals surface area contributed by atoms with Gasteiger partial charge >= 0.3 is 0 Å². The Morgan fingerprint density at radius 2 is 2.09 bits per heavy atom. The van der Waals surface area contributed by atoms with E-state index in [1.165, 1.54) is 5.56 Å². The molecule has 8 nitrogen and oxygen atoms in total. The molecule has 0 spiro atoms. The predicted octanol–water partition coefficient (Wildman–Crippen LogP) is 2.98. The molecule has 176 valence electrons. The average Bonchev–Trinajstić information content (AvgIpc) is 3.24. The molecule has 0 bridgehead atoms. The lowest BCUT2D eigenvalue weighted by atomic mass is 10.0. The van der Waals surface area contributed by atoms with Crippen molar-refractivity contribution < 1.29 is 9.53 Å². The van der Waals surface area contributed by atoms with E-state index in [-0.39, 0.29) is 18.0 Å². The summed E-state index contributed by atoms with van der Waals surface area (Å²) in [7, 11) is 2.06. The van der Waals surface area contributed by atoms with E-state index in [0.29, 0.717) is 25.3 Å². The van der Waals surface area contributed by atoms with Gasteiger partial charge < -0.3 is 20.7 Å². The van der Waals surface area contributed by atoms with Gasteiger partial charge in [0.1, 0.15) is 0 Å². The Morgan fingerprint density at radius 1 is 1.30 bits per heavy atom. The van der Waals surface area contributed by atoms with Gasteiger partial charge in [0, 0.05) is 50.5 Å². The van der Waals surface area contributed by atoms with Gasteiger partial charge in [-0.2, -0.15) is 5.10 Å². The molecule has 3 heterocycles. The molecule has 3 N–H and O–H groups in total. The Kier molecular flexibility index (Phi) is 7.37. The number of carbonyl (C=O) groups excluding carboxylic acids is 1. The number of nitrogens with one attached hydrogen (secondary N) is 1. The second kappa shape index (κ2) is 10.4. The molecule has 0 radical (unpaired) electrons. The monoisotopic (exact) mass is 450 g/mol. The maximum Gasteiger partial charge on any atom is 0.252 e. The van der Waals surface area contributed by atoms with Crippen LogP contribution in [0.5, 0.6) is 0 Å². The van der Waals surface area contributed by atoms with Gasteiger partial charge in [-0.05, 0) is 51.4 Å². The van der Waals surface area contributed by atoms with Gasteiger partial charge in [0.2, 0.25) is 0 Å². The van der Waals surface area contributed by atoms with Crippen molar-refractivity contribution in [1.29, 1.82) is 0 Å². The highest BCUT2D eigenvalue weighted by Gasteiger charge is 2.22. The highest BCUT2D eigenvalue weighted by Crippen LogP contribution is 2.27. The summed E-state index contributed by atoms with van der Waals surface area (Å²) in [5.41, 5.74) is 9.95. The van der Waals surface area contributed by atoms with Crippen molar-refractivity contribution in [3.8, 4) is 11.3 Å². The smallest absolute Gasteiger partial charge is 0.252 e. The van der Waals surface area contributed by atoms with Crippen LogP contribution < -0.4 is 11.1 Å². The molecule has 0 aliphatic carbocycles. The van der Waals surface area contributed by atoms with Gasteiger partial charge in [0.05, 0.1) is 22.8 Å². The van der Waals surface area contributed by atoms with E-state index < -0.39 is 0 Å². The minimum atomic E-state index is -0.0855. The lowest BCUT2D eigenvalue weighted by molar-refractivity contribution is 0.0697. The number of nitrogens with two attached hydrogens (primary N) is 1. The molecular weight excluding hydrogens is 416 g/mol. The number of aromatic nitrogens is 3. The molecule has 0 saturated carbocycles. The second-order valence-electron chi connectivity index (χ2n) is 9.06. The van der Waals surface area contributed by atoms with Crippen molar-refractivity contribution in [3.63, 3.8) is 0 Å². The zero-order chi connectivity index (χ0) is 23.4. The third kappa shape index (κ3) is 5.40. The first-order chi connectivity index (χ1) is 16.0. The molecule has 4 rings (SSSR count). The third-order valence-corrected chi connectivity index (χ3v) is 6.04. The number of fused-ring (bicyclic) bond motifs is 1. The fourth-order valence-electron chi connectivity index (χ4n) is 4.28. The number of carbonyl (C=O) groups is 1. The lowest BCUT2D eigenvalue weighted by Gasteiger charge is -2.23. The summed E-state index contributed by atoms with van der Waals surface area (Å²) < 4.78 is 7.31. The topological polar surface area (TPSA) is 98.3 Å². The van der Waals surface area contributed by atoms with E-state index >= 15 is 0 Å². The van der Waals surface area contributed by atoms with Crippen molar-refractivity contribution >= 4 is 16.9 Å².